The summed E-state index contributed by atoms with van der Waals surface area (Å²) < 4.78 is 42.7. The number of halogens is 1. The molecule has 0 bridgehead atoms. The summed E-state index contributed by atoms with van der Waals surface area (Å²) in [6.45, 7) is 5.92. The summed E-state index contributed by atoms with van der Waals surface area (Å²) in [5, 5.41) is 0. The smallest absolute Gasteiger partial charge is 0.267 e. The lowest BCUT2D eigenvalue weighted by molar-refractivity contribution is 0.162. The summed E-state index contributed by atoms with van der Waals surface area (Å²) in [4.78, 5) is 11.8. The van der Waals surface area contributed by atoms with Crippen molar-refractivity contribution in [3.63, 3.8) is 0 Å². The molecule has 0 spiro atoms. The fourth-order valence-electron chi connectivity index (χ4n) is 4.56. The van der Waals surface area contributed by atoms with E-state index in [0.29, 0.717) is 17.3 Å². The van der Waals surface area contributed by atoms with Gasteiger partial charge in [-0.2, -0.15) is 0 Å². The molecule has 34 heavy (non-hydrogen) atoms. The summed E-state index contributed by atoms with van der Waals surface area (Å²) in [6.07, 6.45) is 4.72. The number of aryl methyl sites for hydroxylation is 1. The number of rotatable bonds is 7. The molecule has 9 heteroatoms. The number of hydrogen-bond donors (Lipinski definition) is 1. The van der Waals surface area contributed by atoms with E-state index in [0.717, 1.165) is 25.9 Å². The average Bonchev–Trinajstić information content (AvgIpc) is 2.85. The van der Waals surface area contributed by atoms with Crippen LogP contribution < -0.4 is 9.62 Å². The Morgan fingerprint density at radius 3 is 2.38 bits per heavy atom. The molecule has 2 heterocycles. The third kappa shape index (κ3) is 5.20. The maximum atomic E-state index is 15.0. The maximum absolute atomic E-state index is 15.0. The quantitative estimate of drug-likeness (QED) is 0.537. The second-order valence-electron chi connectivity index (χ2n) is 8.71. The number of hydrogen-bond acceptors (Lipinski definition) is 6. The first-order chi connectivity index (χ1) is 16.3. The molecule has 1 aliphatic rings. The Hall–Kier alpha value is -3.04. The molecule has 0 amide bonds. The second kappa shape index (κ2) is 10.1. The molecule has 7 nitrogen and oxygen atoms in total. The van der Waals surface area contributed by atoms with Gasteiger partial charge in [0, 0.05) is 50.3 Å². The summed E-state index contributed by atoms with van der Waals surface area (Å²) >= 11 is 0. The van der Waals surface area contributed by atoms with Crippen LogP contribution >= 0.6 is 0 Å². The average molecular weight is 484 g/mol. The predicted molar refractivity (Wildman–Crippen MR) is 132 cm³/mol. The van der Waals surface area contributed by atoms with Crippen molar-refractivity contribution in [2.75, 3.05) is 29.8 Å². The van der Waals surface area contributed by atoms with Crippen molar-refractivity contribution >= 4 is 21.7 Å². The normalized spacial score (nSPS) is 16.2. The molecule has 1 saturated heterocycles. The highest BCUT2D eigenvalue weighted by atomic mass is 32.2. The molecule has 1 aromatic heterocycles. The molecule has 4 rings (SSSR count). The first kappa shape index (κ1) is 24.1. The van der Waals surface area contributed by atoms with E-state index in [1.807, 2.05) is 13.1 Å². The molecule has 1 N–H and O–H groups in total. The van der Waals surface area contributed by atoms with Gasteiger partial charge in [0.25, 0.3) is 10.0 Å². The SMILES string of the molecule is Cc1cc(S(=O)(=O)Nc2ncccn2)c(F)cc1N(C)C1CCN([C@H](C)c2ccccc2)CC1. The standard InChI is InChI=1S/C25H30FN5O2S/c1-18-16-24(34(32,33)29-25-27-12-7-13-28-25)22(26)17-23(18)30(3)21-10-14-31(15-11-21)19(2)20-8-5-4-6-9-20/h4-9,12-13,16-17,19,21H,10-11,14-15H2,1-3H3,(H,27,28,29)/t19-/m1/s1. The minimum Gasteiger partial charge on any atom is -0.371 e. The Labute approximate surface area is 200 Å². The highest BCUT2D eigenvalue weighted by Crippen LogP contribution is 2.31. The van der Waals surface area contributed by atoms with Crippen LogP contribution in [0, 0.1) is 12.7 Å². The minimum atomic E-state index is -4.15. The Bertz CT molecular complexity index is 1220. The van der Waals surface area contributed by atoms with E-state index >= 15 is 4.39 Å². The van der Waals surface area contributed by atoms with Gasteiger partial charge in [-0.15, -0.1) is 0 Å². The van der Waals surface area contributed by atoms with E-state index in [-0.39, 0.29) is 12.0 Å². The fourth-order valence-corrected chi connectivity index (χ4v) is 5.66. The highest BCUT2D eigenvalue weighted by Gasteiger charge is 2.28. The molecular weight excluding hydrogens is 453 g/mol. The molecule has 2 aromatic carbocycles. The zero-order valence-corrected chi connectivity index (χ0v) is 20.5. The van der Waals surface area contributed by atoms with E-state index in [1.54, 1.807) is 13.0 Å². The number of aromatic nitrogens is 2. The van der Waals surface area contributed by atoms with Gasteiger partial charge in [-0.3, -0.25) is 4.90 Å². The van der Waals surface area contributed by atoms with Crippen LogP contribution in [0.15, 0.2) is 65.8 Å². The van der Waals surface area contributed by atoms with Gasteiger partial charge in [0.15, 0.2) is 0 Å². The van der Waals surface area contributed by atoms with Crippen molar-refractivity contribution < 1.29 is 12.8 Å². The molecule has 0 aliphatic carbocycles. The van der Waals surface area contributed by atoms with Gasteiger partial charge in [-0.25, -0.2) is 27.5 Å². The van der Waals surface area contributed by atoms with Crippen molar-refractivity contribution in [3.8, 4) is 0 Å². The molecule has 180 valence electrons. The van der Waals surface area contributed by atoms with Gasteiger partial charge in [-0.05, 0) is 56.0 Å². The number of nitrogens with zero attached hydrogens (tertiary/aromatic N) is 4. The van der Waals surface area contributed by atoms with E-state index in [9.17, 15) is 8.42 Å². The number of benzene rings is 2. The molecule has 0 saturated carbocycles. The first-order valence-corrected chi connectivity index (χ1v) is 12.9. The lowest BCUT2D eigenvalue weighted by Gasteiger charge is -2.40. The zero-order chi connectivity index (χ0) is 24.3. The molecule has 3 aromatic rings. The Morgan fingerprint density at radius 1 is 1.09 bits per heavy atom. The molecular formula is C25H30FN5O2S. The summed E-state index contributed by atoms with van der Waals surface area (Å²) in [7, 11) is -2.20. The van der Waals surface area contributed by atoms with Gasteiger partial charge >= 0.3 is 0 Å². The van der Waals surface area contributed by atoms with Crippen molar-refractivity contribution in [3.05, 3.63) is 77.9 Å². The number of likely N-dealkylation sites (tertiary alicyclic amines) is 1. The van der Waals surface area contributed by atoms with Crippen LogP contribution in [-0.2, 0) is 10.0 Å². The summed E-state index contributed by atoms with van der Waals surface area (Å²) in [5.41, 5.74) is 2.69. The fraction of sp³-hybridized carbons (Fsp3) is 0.360. The van der Waals surface area contributed by atoms with E-state index in [1.165, 1.54) is 30.1 Å². The van der Waals surface area contributed by atoms with Gasteiger partial charge < -0.3 is 4.90 Å². The van der Waals surface area contributed by atoms with Gasteiger partial charge in [-0.1, -0.05) is 30.3 Å². The number of piperidine rings is 1. The molecule has 1 atom stereocenters. The Kier molecular flexibility index (Phi) is 7.13. The monoisotopic (exact) mass is 483 g/mol. The lowest BCUT2D eigenvalue weighted by atomic mass is 9.98. The van der Waals surface area contributed by atoms with E-state index < -0.39 is 20.7 Å². The summed E-state index contributed by atoms with van der Waals surface area (Å²) in [6, 6.07) is 15.3. The van der Waals surface area contributed by atoms with Crippen molar-refractivity contribution in [1.29, 1.82) is 0 Å². The van der Waals surface area contributed by atoms with Crippen LogP contribution in [0.25, 0.3) is 0 Å². The van der Waals surface area contributed by atoms with Crippen LogP contribution in [0.3, 0.4) is 0 Å². The molecule has 0 unspecified atom stereocenters. The molecule has 1 aliphatic heterocycles. The van der Waals surface area contributed by atoms with Gasteiger partial charge in [0.1, 0.15) is 10.7 Å². The molecule has 1 fully saturated rings. The van der Waals surface area contributed by atoms with Gasteiger partial charge in [0.05, 0.1) is 0 Å². The van der Waals surface area contributed by atoms with Crippen LogP contribution in [0.2, 0.25) is 0 Å². The maximum Gasteiger partial charge on any atom is 0.267 e. The van der Waals surface area contributed by atoms with Gasteiger partial charge in [0.2, 0.25) is 5.95 Å². The Balaban J connectivity index is 1.46. The number of nitrogens with one attached hydrogen (secondary N) is 1. The number of anilines is 2. The number of sulfonamides is 1. The van der Waals surface area contributed by atoms with Crippen LogP contribution in [0.1, 0.15) is 36.9 Å². The van der Waals surface area contributed by atoms with E-state index in [4.69, 9.17) is 0 Å². The second-order valence-corrected chi connectivity index (χ2v) is 10.4. The predicted octanol–water partition coefficient (Wildman–Crippen LogP) is 4.39. The van der Waals surface area contributed by atoms with Crippen molar-refractivity contribution in [2.45, 2.75) is 43.7 Å². The first-order valence-electron chi connectivity index (χ1n) is 11.4. The molecule has 0 radical (unpaired) electrons. The van der Waals surface area contributed by atoms with Crippen LogP contribution in [0.5, 0.6) is 0 Å². The minimum absolute atomic E-state index is 0.0998. The Morgan fingerprint density at radius 2 is 1.74 bits per heavy atom. The van der Waals surface area contributed by atoms with E-state index in [2.05, 4.69) is 55.7 Å². The van der Waals surface area contributed by atoms with Crippen molar-refractivity contribution in [2.24, 2.45) is 0 Å². The summed E-state index contributed by atoms with van der Waals surface area (Å²) in [5.74, 6) is -0.900. The third-order valence-corrected chi connectivity index (χ3v) is 7.93. The largest absolute Gasteiger partial charge is 0.371 e. The lowest BCUT2D eigenvalue weighted by Crippen LogP contribution is -2.44. The van der Waals surface area contributed by atoms with Crippen LogP contribution in [0.4, 0.5) is 16.0 Å². The zero-order valence-electron chi connectivity index (χ0n) is 19.6. The third-order valence-electron chi connectivity index (χ3n) is 6.59. The van der Waals surface area contributed by atoms with Crippen molar-refractivity contribution in [1.82, 2.24) is 14.9 Å². The topological polar surface area (TPSA) is 78.4 Å². The van der Waals surface area contributed by atoms with Crippen LogP contribution in [-0.4, -0.2) is 49.5 Å². The highest BCUT2D eigenvalue weighted by molar-refractivity contribution is 7.92.